The van der Waals surface area contributed by atoms with Gasteiger partial charge in [-0.2, -0.15) is 0 Å². The first-order valence-electron chi connectivity index (χ1n) is 5.58. The van der Waals surface area contributed by atoms with Crippen molar-refractivity contribution >= 4 is 5.97 Å². The Balaban J connectivity index is 2.46. The average Bonchev–Trinajstić information content (AvgIpc) is 2.18. The molecule has 88 valence electrons. The minimum Gasteiger partial charge on any atom is -0.481 e. The molecule has 0 amide bonds. The van der Waals surface area contributed by atoms with Crippen molar-refractivity contribution in [2.45, 2.75) is 32.7 Å². The van der Waals surface area contributed by atoms with Crippen LogP contribution in [0.25, 0.3) is 0 Å². The molecule has 4 heteroatoms. The Kier molecular flexibility index (Phi) is 4.11. The summed E-state index contributed by atoms with van der Waals surface area (Å²) in [5.74, 6) is -0.724. The summed E-state index contributed by atoms with van der Waals surface area (Å²) in [6, 6.07) is 0.484. The minimum atomic E-state index is -0.724. The molecular formula is C11H22N2O2. The van der Waals surface area contributed by atoms with Crippen LogP contribution in [-0.2, 0) is 4.79 Å². The summed E-state index contributed by atoms with van der Waals surface area (Å²) in [7, 11) is 2.02. The van der Waals surface area contributed by atoms with Gasteiger partial charge in [-0.05, 0) is 40.3 Å². The standard InChI is InChI=1S/C11H22N2O2/c1-11(2,10(14)15)8-13(3)9-5-4-6-12-7-9/h9,12H,4-8H2,1-3H3,(H,14,15). The zero-order valence-electron chi connectivity index (χ0n) is 9.92. The molecule has 1 aliphatic rings. The first-order valence-corrected chi connectivity index (χ1v) is 5.58. The molecule has 0 spiro atoms. The molecule has 0 aromatic carbocycles. The average molecular weight is 214 g/mol. The molecule has 1 saturated heterocycles. The molecule has 1 atom stereocenters. The van der Waals surface area contributed by atoms with Crippen molar-refractivity contribution in [3.05, 3.63) is 0 Å². The van der Waals surface area contributed by atoms with Crippen LogP contribution in [0.2, 0.25) is 0 Å². The molecule has 1 fully saturated rings. The Labute approximate surface area is 91.6 Å². The zero-order valence-corrected chi connectivity index (χ0v) is 9.92. The monoisotopic (exact) mass is 214 g/mol. The Bertz CT molecular complexity index is 223. The molecule has 4 nitrogen and oxygen atoms in total. The maximum atomic E-state index is 11.0. The molecule has 1 rings (SSSR count). The Morgan fingerprint density at radius 1 is 1.60 bits per heavy atom. The highest BCUT2D eigenvalue weighted by molar-refractivity contribution is 5.73. The fourth-order valence-electron chi connectivity index (χ4n) is 2.03. The molecule has 0 saturated carbocycles. The third-order valence-electron chi connectivity index (χ3n) is 3.12. The summed E-state index contributed by atoms with van der Waals surface area (Å²) >= 11 is 0. The number of carbonyl (C=O) groups is 1. The van der Waals surface area contributed by atoms with Crippen LogP contribution in [0.15, 0.2) is 0 Å². The van der Waals surface area contributed by atoms with Crippen LogP contribution in [0, 0.1) is 5.41 Å². The van der Waals surface area contributed by atoms with Gasteiger partial charge in [0.1, 0.15) is 0 Å². The number of hydrogen-bond acceptors (Lipinski definition) is 3. The van der Waals surface area contributed by atoms with Crippen LogP contribution in [-0.4, -0.2) is 48.7 Å². The fourth-order valence-corrected chi connectivity index (χ4v) is 2.03. The van der Waals surface area contributed by atoms with Crippen LogP contribution in [0.5, 0.6) is 0 Å². The highest BCUT2D eigenvalue weighted by Gasteiger charge is 2.31. The van der Waals surface area contributed by atoms with E-state index >= 15 is 0 Å². The number of piperidine rings is 1. The van der Waals surface area contributed by atoms with Gasteiger partial charge in [-0.1, -0.05) is 0 Å². The van der Waals surface area contributed by atoms with Crippen molar-refractivity contribution in [1.82, 2.24) is 10.2 Å². The van der Waals surface area contributed by atoms with Crippen molar-refractivity contribution < 1.29 is 9.90 Å². The number of aliphatic carboxylic acids is 1. The summed E-state index contributed by atoms with van der Waals surface area (Å²) in [5, 5.41) is 12.4. The van der Waals surface area contributed by atoms with E-state index in [1.54, 1.807) is 13.8 Å². The van der Waals surface area contributed by atoms with E-state index in [1.165, 1.54) is 12.8 Å². The fraction of sp³-hybridized carbons (Fsp3) is 0.909. The van der Waals surface area contributed by atoms with Gasteiger partial charge in [0.2, 0.25) is 0 Å². The van der Waals surface area contributed by atoms with Crippen LogP contribution in [0.4, 0.5) is 0 Å². The number of rotatable bonds is 4. The predicted molar refractivity (Wildman–Crippen MR) is 59.9 cm³/mol. The first-order chi connectivity index (χ1) is 6.93. The van der Waals surface area contributed by atoms with Gasteiger partial charge < -0.3 is 15.3 Å². The van der Waals surface area contributed by atoms with Crippen molar-refractivity contribution in [3.63, 3.8) is 0 Å². The lowest BCUT2D eigenvalue weighted by Gasteiger charge is -2.35. The highest BCUT2D eigenvalue weighted by Crippen LogP contribution is 2.19. The van der Waals surface area contributed by atoms with E-state index in [0.717, 1.165) is 13.1 Å². The van der Waals surface area contributed by atoms with E-state index < -0.39 is 11.4 Å². The topological polar surface area (TPSA) is 52.6 Å². The molecular weight excluding hydrogens is 192 g/mol. The highest BCUT2D eigenvalue weighted by atomic mass is 16.4. The molecule has 0 aromatic heterocycles. The number of likely N-dealkylation sites (N-methyl/N-ethyl adjacent to an activating group) is 1. The summed E-state index contributed by atoms with van der Waals surface area (Å²) < 4.78 is 0. The first kappa shape index (κ1) is 12.5. The molecule has 1 unspecified atom stereocenters. The molecule has 1 aliphatic heterocycles. The third kappa shape index (κ3) is 3.47. The van der Waals surface area contributed by atoms with Gasteiger partial charge in [-0.3, -0.25) is 4.79 Å². The van der Waals surface area contributed by atoms with Gasteiger partial charge in [0, 0.05) is 19.1 Å². The van der Waals surface area contributed by atoms with Crippen LogP contribution in [0.3, 0.4) is 0 Å². The summed E-state index contributed by atoms with van der Waals surface area (Å²) in [6.45, 7) is 6.23. The second-order valence-corrected chi connectivity index (χ2v) is 5.10. The summed E-state index contributed by atoms with van der Waals surface area (Å²) in [5.41, 5.74) is -0.661. The SMILES string of the molecule is CN(CC(C)(C)C(=O)O)C1CCCNC1. The van der Waals surface area contributed by atoms with Crippen molar-refractivity contribution in [2.75, 3.05) is 26.7 Å². The van der Waals surface area contributed by atoms with Gasteiger partial charge in [-0.25, -0.2) is 0 Å². The van der Waals surface area contributed by atoms with Gasteiger partial charge in [0.25, 0.3) is 0 Å². The molecule has 2 N–H and O–H groups in total. The maximum absolute atomic E-state index is 11.0. The van der Waals surface area contributed by atoms with E-state index in [-0.39, 0.29) is 0 Å². The second kappa shape index (κ2) is 4.94. The van der Waals surface area contributed by atoms with Crippen molar-refractivity contribution in [3.8, 4) is 0 Å². The van der Waals surface area contributed by atoms with Gasteiger partial charge in [-0.15, -0.1) is 0 Å². The predicted octanol–water partition coefficient (Wildman–Crippen LogP) is 0.781. The van der Waals surface area contributed by atoms with Gasteiger partial charge in [0.15, 0.2) is 0 Å². The number of carboxylic acids is 1. The zero-order chi connectivity index (χ0) is 11.5. The molecule has 1 heterocycles. The quantitative estimate of drug-likeness (QED) is 0.726. The van der Waals surface area contributed by atoms with Crippen LogP contribution in [0.1, 0.15) is 26.7 Å². The summed E-state index contributed by atoms with van der Waals surface area (Å²) in [6.07, 6.45) is 2.35. The van der Waals surface area contributed by atoms with Gasteiger partial charge >= 0.3 is 5.97 Å². The Morgan fingerprint density at radius 3 is 2.73 bits per heavy atom. The Hall–Kier alpha value is -0.610. The van der Waals surface area contributed by atoms with E-state index in [0.29, 0.717) is 12.6 Å². The molecule has 0 aromatic rings. The third-order valence-corrected chi connectivity index (χ3v) is 3.12. The summed E-state index contributed by atoms with van der Waals surface area (Å²) in [4.78, 5) is 13.2. The van der Waals surface area contributed by atoms with E-state index in [2.05, 4.69) is 10.2 Å². The van der Waals surface area contributed by atoms with Gasteiger partial charge in [0.05, 0.1) is 5.41 Å². The van der Waals surface area contributed by atoms with E-state index in [9.17, 15) is 4.79 Å². The number of nitrogens with zero attached hydrogens (tertiary/aromatic N) is 1. The molecule has 0 radical (unpaired) electrons. The maximum Gasteiger partial charge on any atom is 0.310 e. The minimum absolute atomic E-state index is 0.484. The lowest BCUT2D eigenvalue weighted by Crippen LogP contribution is -2.48. The second-order valence-electron chi connectivity index (χ2n) is 5.10. The van der Waals surface area contributed by atoms with Crippen LogP contribution < -0.4 is 5.32 Å². The van der Waals surface area contributed by atoms with Crippen LogP contribution >= 0.6 is 0 Å². The lowest BCUT2D eigenvalue weighted by atomic mass is 9.92. The molecule has 0 bridgehead atoms. The number of hydrogen-bond donors (Lipinski definition) is 2. The number of carboxylic acid groups (broad SMARTS) is 1. The van der Waals surface area contributed by atoms with E-state index in [1.807, 2.05) is 7.05 Å². The number of nitrogens with one attached hydrogen (secondary N) is 1. The molecule has 0 aliphatic carbocycles. The Morgan fingerprint density at radius 2 is 2.27 bits per heavy atom. The van der Waals surface area contributed by atoms with Crippen molar-refractivity contribution in [1.29, 1.82) is 0 Å². The lowest BCUT2D eigenvalue weighted by molar-refractivity contribution is -0.148. The largest absolute Gasteiger partial charge is 0.481 e. The normalized spacial score (nSPS) is 23.1. The molecule has 15 heavy (non-hydrogen) atoms. The van der Waals surface area contributed by atoms with Crippen molar-refractivity contribution in [2.24, 2.45) is 5.41 Å². The smallest absolute Gasteiger partial charge is 0.310 e. The van der Waals surface area contributed by atoms with E-state index in [4.69, 9.17) is 5.11 Å².